The zero-order valence-corrected chi connectivity index (χ0v) is 11.1. The molecule has 1 aromatic heterocycles. The molecule has 9 heteroatoms. The summed E-state index contributed by atoms with van der Waals surface area (Å²) >= 11 is 5.78. The number of carbonyl (C=O) groups excluding carboxylic acids is 1. The number of fused-ring (bicyclic) bond motifs is 1. The van der Waals surface area contributed by atoms with Crippen molar-refractivity contribution in [3.05, 3.63) is 23.1 Å². The third-order valence-corrected chi connectivity index (χ3v) is 3.86. The van der Waals surface area contributed by atoms with Crippen LogP contribution in [0, 0.1) is 11.2 Å². The van der Waals surface area contributed by atoms with Gasteiger partial charge in [0.25, 0.3) is 0 Å². The normalized spacial score (nSPS) is 17.0. The molecule has 2 aromatic rings. The van der Waals surface area contributed by atoms with E-state index in [4.69, 9.17) is 11.6 Å². The fraction of sp³-hybridized carbons (Fsp3) is 0.333. The Morgan fingerprint density at radius 3 is 2.62 bits per heavy atom. The van der Waals surface area contributed by atoms with Gasteiger partial charge in [-0.2, -0.15) is 18.3 Å². The maximum absolute atomic E-state index is 13.8. The first kappa shape index (κ1) is 14.1. The maximum Gasteiger partial charge on any atom is 0.403 e. The lowest BCUT2D eigenvalue weighted by Crippen LogP contribution is -2.37. The standard InChI is InChI=1S/C12H8ClF4N3O/c13-9-5-3-8(6(14)4-7(5)19-20-9)18-10(21)11(1-2-11)12(15,16)17/h3-4H,1-2H2,(H,18,21)(H,19,20). The Hall–Kier alpha value is -1.83. The molecule has 0 saturated heterocycles. The van der Waals surface area contributed by atoms with E-state index in [1.54, 1.807) is 0 Å². The topological polar surface area (TPSA) is 57.8 Å². The highest BCUT2D eigenvalue weighted by Gasteiger charge is 2.68. The molecule has 0 bridgehead atoms. The molecule has 0 radical (unpaired) electrons. The average molecular weight is 322 g/mol. The van der Waals surface area contributed by atoms with Crippen molar-refractivity contribution in [2.24, 2.45) is 5.41 Å². The number of H-pyrrole nitrogens is 1. The molecule has 1 aromatic carbocycles. The van der Waals surface area contributed by atoms with Crippen LogP contribution in [0.5, 0.6) is 0 Å². The summed E-state index contributed by atoms with van der Waals surface area (Å²) in [4.78, 5) is 11.8. The van der Waals surface area contributed by atoms with Crippen molar-refractivity contribution in [3.8, 4) is 0 Å². The highest BCUT2D eigenvalue weighted by molar-refractivity contribution is 6.34. The first-order valence-corrected chi connectivity index (χ1v) is 6.34. The second kappa shape index (κ2) is 4.33. The number of hydrogen-bond acceptors (Lipinski definition) is 2. The van der Waals surface area contributed by atoms with Crippen LogP contribution in [0.3, 0.4) is 0 Å². The third-order valence-electron chi connectivity index (χ3n) is 3.57. The number of nitrogens with one attached hydrogen (secondary N) is 2. The predicted octanol–water partition coefficient (Wildman–Crippen LogP) is 3.64. The summed E-state index contributed by atoms with van der Waals surface area (Å²) in [5.74, 6) is -2.13. The Bertz CT molecular complexity index is 736. The lowest BCUT2D eigenvalue weighted by atomic mass is 10.1. The minimum absolute atomic E-state index is 0.109. The number of aromatic amines is 1. The Labute approximate surface area is 120 Å². The summed E-state index contributed by atoms with van der Waals surface area (Å²) in [5, 5.41) is 8.53. The van der Waals surface area contributed by atoms with Crippen LogP contribution < -0.4 is 5.32 Å². The number of benzene rings is 1. The van der Waals surface area contributed by atoms with E-state index in [1.807, 2.05) is 5.32 Å². The lowest BCUT2D eigenvalue weighted by Gasteiger charge is -2.18. The molecule has 112 valence electrons. The molecule has 1 amide bonds. The van der Waals surface area contributed by atoms with E-state index >= 15 is 0 Å². The van der Waals surface area contributed by atoms with E-state index in [0.29, 0.717) is 5.39 Å². The summed E-state index contributed by atoms with van der Waals surface area (Å²) in [7, 11) is 0. The second-order valence-corrected chi connectivity index (χ2v) is 5.30. The smallest absolute Gasteiger partial charge is 0.323 e. The predicted molar refractivity (Wildman–Crippen MR) is 67.4 cm³/mol. The molecule has 1 aliphatic carbocycles. The Morgan fingerprint density at radius 1 is 1.38 bits per heavy atom. The minimum Gasteiger partial charge on any atom is -0.323 e. The third kappa shape index (κ3) is 2.14. The number of anilines is 1. The number of halogens is 5. The molecule has 1 aliphatic rings. The SMILES string of the molecule is O=C(Nc1cc2c(Cl)[nH]nc2cc1F)C1(C(F)(F)F)CC1. The van der Waals surface area contributed by atoms with E-state index in [1.165, 1.54) is 0 Å². The van der Waals surface area contributed by atoms with E-state index in [-0.39, 0.29) is 29.2 Å². The van der Waals surface area contributed by atoms with Gasteiger partial charge in [-0.25, -0.2) is 4.39 Å². The molecule has 1 saturated carbocycles. The van der Waals surface area contributed by atoms with Gasteiger partial charge in [0, 0.05) is 11.5 Å². The number of hydrogen-bond donors (Lipinski definition) is 2. The van der Waals surface area contributed by atoms with Gasteiger partial charge in [0.2, 0.25) is 5.91 Å². The largest absolute Gasteiger partial charge is 0.403 e. The Morgan fingerprint density at radius 2 is 2.05 bits per heavy atom. The maximum atomic E-state index is 13.8. The second-order valence-electron chi connectivity index (χ2n) is 4.92. The molecule has 0 unspecified atom stereocenters. The molecule has 3 rings (SSSR count). The van der Waals surface area contributed by atoms with Crippen LogP contribution in [0.4, 0.5) is 23.2 Å². The Kier molecular flexibility index (Phi) is 2.91. The number of alkyl halides is 3. The summed E-state index contributed by atoms with van der Waals surface area (Å²) < 4.78 is 52.3. The first-order chi connectivity index (χ1) is 9.74. The molecule has 0 atom stereocenters. The molecule has 2 N–H and O–H groups in total. The van der Waals surface area contributed by atoms with Gasteiger partial charge in [-0.1, -0.05) is 11.6 Å². The molecule has 4 nitrogen and oxygen atoms in total. The van der Waals surface area contributed by atoms with Gasteiger partial charge in [0.1, 0.15) is 16.4 Å². The summed E-state index contributed by atoms with van der Waals surface area (Å²) in [6.07, 6.45) is -5.23. The van der Waals surface area contributed by atoms with Gasteiger partial charge in [0.15, 0.2) is 0 Å². The molecule has 0 spiro atoms. The quantitative estimate of drug-likeness (QED) is 0.830. The number of nitrogens with zero attached hydrogens (tertiary/aromatic N) is 1. The minimum atomic E-state index is -4.65. The van der Waals surface area contributed by atoms with Crippen molar-refractivity contribution in [1.82, 2.24) is 10.2 Å². The summed E-state index contributed by atoms with van der Waals surface area (Å²) in [6, 6.07) is 2.14. The van der Waals surface area contributed by atoms with Crippen molar-refractivity contribution < 1.29 is 22.4 Å². The lowest BCUT2D eigenvalue weighted by molar-refractivity contribution is -0.189. The van der Waals surface area contributed by atoms with Gasteiger partial charge in [-0.15, -0.1) is 0 Å². The van der Waals surface area contributed by atoms with Crippen LogP contribution in [-0.2, 0) is 4.79 Å². The number of rotatable bonds is 2. The molecule has 1 heterocycles. The Balaban J connectivity index is 1.93. The van der Waals surface area contributed by atoms with Gasteiger partial charge >= 0.3 is 6.18 Å². The van der Waals surface area contributed by atoms with Crippen molar-refractivity contribution >= 4 is 34.1 Å². The highest BCUT2D eigenvalue weighted by atomic mass is 35.5. The van der Waals surface area contributed by atoms with E-state index in [2.05, 4.69) is 10.2 Å². The molecule has 21 heavy (non-hydrogen) atoms. The van der Waals surface area contributed by atoms with Crippen LogP contribution in [0.2, 0.25) is 5.15 Å². The fourth-order valence-electron chi connectivity index (χ4n) is 2.10. The van der Waals surface area contributed by atoms with Crippen LogP contribution >= 0.6 is 11.6 Å². The molecular weight excluding hydrogens is 314 g/mol. The van der Waals surface area contributed by atoms with Crippen LogP contribution in [0.15, 0.2) is 12.1 Å². The average Bonchev–Trinajstić information content (AvgIpc) is 3.13. The van der Waals surface area contributed by atoms with Gasteiger partial charge in [-0.05, 0) is 18.9 Å². The number of carbonyl (C=O) groups is 1. The van der Waals surface area contributed by atoms with Crippen LogP contribution in [-0.4, -0.2) is 22.3 Å². The van der Waals surface area contributed by atoms with Crippen molar-refractivity contribution in [1.29, 1.82) is 0 Å². The van der Waals surface area contributed by atoms with Crippen LogP contribution in [0.1, 0.15) is 12.8 Å². The van der Waals surface area contributed by atoms with Crippen molar-refractivity contribution in [2.75, 3.05) is 5.32 Å². The summed E-state index contributed by atoms with van der Waals surface area (Å²) in [6.45, 7) is 0. The zero-order chi connectivity index (χ0) is 15.4. The van der Waals surface area contributed by atoms with Crippen LogP contribution in [0.25, 0.3) is 10.9 Å². The van der Waals surface area contributed by atoms with Crippen molar-refractivity contribution in [2.45, 2.75) is 19.0 Å². The van der Waals surface area contributed by atoms with E-state index < -0.39 is 23.3 Å². The monoisotopic (exact) mass is 321 g/mol. The molecule has 1 fully saturated rings. The molecular formula is C12H8ClF4N3O. The molecule has 0 aliphatic heterocycles. The first-order valence-electron chi connectivity index (χ1n) is 5.96. The van der Waals surface area contributed by atoms with Gasteiger partial charge < -0.3 is 5.32 Å². The highest BCUT2D eigenvalue weighted by Crippen LogP contribution is 2.58. The van der Waals surface area contributed by atoms with E-state index in [9.17, 15) is 22.4 Å². The van der Waals surface area contributed by atoms with Gasteiger partial charge in [-0.3, -0.25) is 9.89 Å². The zero-order valence-electron chi connectivity index (χ0n) is 10.3. The van der Waals surface area contributed by atoms with Gasteiger partial charge in [0.05, 0.1) is 11.2 Å². The number of aromatic nitrogens is 2. The summed E-state index contributed by atoms with van der Waals surface area (Å²) in [5.41, 5.74) is -2.55. The van der Waals surface area contributed by atoms with Crippen molar-refractivity contribution in [3.63, 3.8) is 0 Å². The fourth-order valence-corrected chi connectivity index (χ4v) is 2.30. The number of amides is 1. The van der Waals surface area contributed by atoms with E-state index in [0.717, 1.165) is 12.1 Å².